The quantitative estimate of drug-likeness (QED) is 0.340. The molecular weight excluding hydrogens is 490 g/mol. The van der Waals surface area contributed by atoms with Crippen LogP contribution in [0.3, 0.4) is 0 Å². The van der Waals surface area contributed by atoms with Gasteiger partial charge in [0.1, 0.15) is 11.5 Å². The van der Waals surface area contributed by atoms with Gasteiger partial charge in [-0.15, -0.1) is 0 Å². The Morgan fingerprint density at radius 2 is 1.65 bits per heavy atom. The van der Waals surface area contributed by atoms with Gasteiger partial charge in [0.25, 0.3) is 5.91 Å². The minimum absolute atomic E-state index is 0.0579. The molecule has 4 nitrogen and oxygen atoms in total. The van der Waals surface area contributed by atoms with Gasteiger partial charge in [0.2, 0.25) is 0 Å². The number of amides is 1. The molecule has 2 N–H and O–H groups in total. The number of anilines is 1. The molecule has 3 aromatic rings. The molecule has 0 saturated carbocycles. The molecule has 1 amide bonds. The molecule has 0 fully saturated rings. The Hall–Kier alpha value is -2.90. The number of benzene rings is 3. The number of ether oxygens (including phenoxy) is 1. The van der Waals surface area contributed by atoms with Crippen molar-refractivity contribution in [3.8, 4) is 11.5 Å². The zero-order chi connectivity index (χ0) is 25.0. The fraction of sp³-hybridized carbons (Fsp3) is 0.240. The molecule has 1 atom stereocenters. The molecule has 0 aliphatic heterocycles. The number of halogens is 5. The smallest absolute Gasteiger partial charge is 0.416 e. The first-order valence-corrected chi connectivity index (χ1v) is 11.1. The van der Waals surface area contributed by atoms with Crippen molar-refractivity contribution in [1.82, 2.24) is 0 Å². The predicted molar refractivity (Wildman–Crippen MR) is 127 cm³/mol. The maximum absolute atomic E-state index is 13.3. The highest BCUT2D eigenvalue weighted by Gasteiger charge is 2.32. The second-order valence-corrected chi connectivity index (χ2v) is 8.91. The Kier molecular flexibility index (Phi) is 8.00. The van der Waals surface area contributed by atoms with Crippen LogP contribution < -0.4 is 10.1 Å². The number of carbonyl (C=O) groups is 1. The lowest BCUT2D eigenvalue weighted by Crippen LogP contribution is -2.18. The number of carbonyl (C=O) groups excluding carboxylic acids is 1. The van der Waals surface area contributed by atoms with Gasteiger partial charge >= 0.3 is 6.18 Å². The van der Waals surface area contributed by atoms with Crippen LogP contribution in [0.2, 0.25) is 10.0 Å². The van der Waals surface area contributed by atoms with E-state index in [1.165, 1.54) is 18.2 Å². The van der Waals surface area contributed by atoms with Gasteiger partial charge in [-0.3, -0.25) is 4.79 Å². The summed E-state index contributed by atoms with van der Waals surface area (Å²) in [7, 11) is 0. The summed E-state index contributed by atoms with van der Waals surface area (Å²) < 4.78 is 45.9. The zero-order valence-electron chi connectivity index (χ0n) is 18.3. The SMILES string of the molecule is CC(C)[C@H](COc1ccc(C(F)(F)F)cc1NC(=O)c1cc(Cl)ccc1O)c1ccc(Cl)cc1. The highest BCUT2D eigenvalue weighted by atomic mass is 35.5. The molecule has 34 heavy (non-hydrogen) atoms. The van der Waals surface area contributed by atoms with Gasteiger partial charge < -0.3 is 15.2 Å². The predicted octanol–water partition coefficient (Wildman–Crippen LogP) is 7.79. The number of hydrogen-bond donors (Lipinski definition) is 2. The minimum atomic E-state index is -4.63. The van der Waals surface area contributed by atoms with E-state index in [0.717, 1.165) is 23.8 Å². The van der Waals surface area contributed by atoms with E-state index in [2.05, 4.69) is 5.32 Å². The van der Waals surface area contributed by atoms with E-state index in [1.54, 1.807) is 12.1 Å². The summed E-state index contributed by atoms with van der Waals surface area (Å²) in [5.41, 5.74) is -0.362. The Morgan fingerprint density at radius 3 is 2.26 bits per heavy atom. The van der Waals surface area contributed by atoms with E-state index in [0.29, 0.717) is 5.02 Å². The summed E-state index contributed by atoms with van der Waals surface area (Å²) in [5, 5.41) is 13.2. The van der Waals surface area contributed by atoms with Gasteiger partial charge in [0.05, 0.1) is 23.4 Å². The van der Waals surface area contributed by atoms with Gasteiger partial charge in [-0.1, -0.05) is 49.2 Å². The third kappa shape index (κ3) is 6.36. The molecule has 180 valence electrons. The average Bonchev–Trinajstić information content (AvgIpc) is 2.76. The normalized spacial score (nSPS) is 12.5. The Bertz CT molecular complexity index is 1170. The monoisotopic (exact) mass is 511 g/mol. The lowest BCUT2D eigenvalue weighted by Gasteiger charge is -2.23. The molecule has 0 aliphatic rings. The molecule has 0 aliphatic carbocycles. The van der Waals surface area contributed by atoms with Crippen molar-refractivity contribution >= 4 is 34.8 Å². The van der Waals surface area contributed by atoms with Crippen molar-refractivity contribution in [2.75, 3.05) is 11.9 Å². The van der Waals surface area contributed by atoms with Crippen LogP contribution in [0.1, 0.15) is 41.3 Å². The van der Waals surface area contributed by atoms with Gasteiger partial charge in [-0.2, -0.15) is 13.2 Å². The van der Waals surface area contributed by atoms with Crippen LogP contribution in [0.4, 0.5) is 18.9 Å². The van der Waals surface area contributed by atoms with Crippen molar-refractivity contribution in [3.63, 3.8) is 0 Å². The Balaban J connectivity index is 1.91. The first kappa shape index (κ1) is 25.7. The standard InChI is InChI=1S/C25H22Cl2F3NO3/c1-14(2)20(15-3-6-17(26)7-4-15)13-34-23-10-5-16(25(28,29)30)11-21(23)31-24(33)19-12-18(27)8-9-22(19)32/h3-12,14,20,32H,13H2,1-2H3,(H,31,33)/t20-/m0/s1. The summed E-state index contributed by atoms with van der Waals surface area (Å²) in [6.45, 7) is 4.15. The number of aromatic hydroxyl groups is 1. The summed E-state index contributed by atoms with van der Waals surface area (Å²) in [5.74, 6) is -1.07. The third-order valence-electron chi connectivity index (χ3n) is 5.28. The molecule has 9 heteroatoms. The molecule has 0 heterocycles. The first-order valence-electron chi connectivity index (χ1n) is 10.3. The summed E-state index contributed by atoms with van der Waals surface area (Å²) in [6, 6.07) is 13.9. The number of phenolic OH excluding ortho intramolecular Hbond substituents is 1. The molecule has 0 spiro atoms. The lowest BCUT2D eigenvalue weighted by atomic mass is 9.89. The largest absolute Gasteiger partial charge is 0.507 e. The fourth-order valence-electron chi connectivity index (χ4n) is 3.37. The van der Waals surface area contributed by atoms with Crippen LogP contribution >= 0.6 is 23.2 Å². The molecule has 0 bridgehead atoms. The van der Waals surface area contributed by atoms with E-state index in [9.17, 15) is 23.1 Å². The lowest BCUT2D eigenvalue weighted by molar-refractivity contribution is -0.137. The highest BCUT2D eigenvalue weighted by Crippen LogP contribution is 2.37. The van der Waals surface area contributed by atoms with Crippen LogP contribution in [-0.4, -0.2) is 17.6 Å². The number of phenols is 1. The molecule has 3 aromatic carbocycles. The Morgan fingerprint density at radius 1 is 1.00 bits per heavy atom. The maximum atomic E-state index is 13.3. The van der Waals surface area contributed by atoms with Gasteiger partial charge in [0.15, 0.2) is 0 Å². The summed E-state index contributed by atoms with van der Waals surface area (Å²) >= 11 is 11.9. The zero-order valence-corrected chi connectivity index (χ0v) is 19.8. The van der Waals surface area contributed by atoms with E-state index in [1.807, 2.05) is 26.0 Å². The van der Waals surface area contributed by atoms with Crippen molar-refractivity contribution in [2.24, 2.45) is 5.92 Å². The van der Waals surface area contributed by atoms with Crippen LogP contribution in [0.5, 0.6) is 11.5 Å². The van der Waals surface area contributed by atoms with Crippen molar-refractivity contribution in [2.45, 2.75) is 25.9 Å². The average molecular weight is 512 g/mol. The number of alkyl halides is 3. The molecule has 0 radical (unpaired) electrons. The minimum Gasteiger partial charge on any atom is -0.507 e. The fourth-order valence-corrected chi connectivity index (χ4v) is 3.67. The molecule has 0 saturated heterocycles. The van der Waals surface area contributed by atoms with E-state index >= 15 is 0 Å². The van der Waals surface area contributed by atoms with Gasteiger partial charge in [-0.25, -0.2) is 0 Å². The number of nitrogens with one attached hydrogen (secondary N) is 1. The number of rotatable bonds is 7. The molecule has 0 aromatic heterocycles. The van der Waals surface area contributed by atoms with Crippen molar-refractivity contribution in [1.29, 1.82) is 0 Å². The molecule has 3 rings (SSSR count). The topological polar surface area (TPSA) is 58.6 Å². The summed E-state index contributed by atoms with van der Waals surface area (Å²) in [4.78, 5) is 12.7. The Labute approximate surface area is 205 Å². The van der Waals surface area contributed by atoms with Gasteiger partial charge in [-0.05, 0) is 60.0 Å². The van der Waals surface area contributed by atoms with Gasteiger partial charge in [0, 0.05) is 16.0 Å². The third-order valence-corrected chi connectivity index (χ3v) is 5.77. The summed E-state index contributed by atoms with van der Waals surface area (Å²) in [6.07, 6.45) is -4.63. The van der Waals surface area contributed by atoms with Crippen LogP contribution in [-0.2, 0) is 6.18 Å². The van der Waals surface area contributed by atoms with Crippen molar-refractivity contribution in [3.05, 3.63) is 87.4 Å². The van der Waals surface area contributed by atoms with E-state index < -0.39 is 17.6 Å². The second-order valence-electron chi connectivity index (χ2n) is 8.04. The van der Waals surface area contributed by atoms with E-state index in [4.69, 9.17) is 27.9 Å². The van der Waals surface area contributed by atoms with Crippen molar-refractivity contribution < 1.29 is 27.8 Å². The van der Waals surface area contributed by atoms with Crippen LogP contribution in [0.25, 0.3) is 0 Å². The maximum Gasteiger partial charge on any atom is 0.416 e. The van der Waals surface area contributed by atoms with E-state index in [-0.39, 0.29) is 46.2 Å². The first-order chi connectivity index (χ1) is 16.0. The number of hydrogen-bond acceptors (Lipinski definition) is 3. The second kappa shape index (κ2) is 10.6. The van der Waals surface area contributed by atoms with Crippen LogP contribution in [0.15, 0.2) is 60.7 Å². The van der Waals surface area contributed by atoms with Crippen LogP contribution in [0, 0.1) is 5.92 Å². The molecule has 0 unspecified atom stereocenters. The highest BCUT2D eigenvalue weighted by molar-refractivity contribution is 6.31. The molecular formula is C25H22Cl2F3NO3.